The van der Waals surface area contributed by atoms with Crippen molar-refractivity contribution in [2.24, 2.45) is 11.3 Å². The maximum absolute atomic E-state index is 4.43. The van der Waals surface area contributed by atoms with Crippen LogP contribution in [0.5, 0.6) is 0 Å². The molecule has 1 unspecified atom stereocenters. The van der Waals surface area contributed by atoms with Crippen LogP contribution in [0.1, 0.15) is 32.4 Å². The summed E-state index contributed by atoms with van der Waals surface area (Å²) in [6, 6.07) is 6.11. The molecule has 0 fully saturated rings. The Bertz CT molecular complexity index is 405. The van der Waals surface area contributed by atoms with E-state index in [1.54, 1.807) is 0 Å². The lowest BCUT2D eigenvalue weighted by atomic mass is 9.59. The highest BCUT2D eigenvalue weighted by atomic mass is 14.7. The number of hydrogen-bond acceptors (Lipinski definition) is 1. The molecule has 0 saturated heterocycles. The maximum Gasteiger partial charge on any atom is 0.0661 e. The molecule has 2 atom stereocenters. The van der Waals surface area contributed by atoms with Crippen molar-refractivity contribution in [2.75, 3.05) is 0 Å². The number of hydrogen-bond donors (Lipinski definition) is 0. The second-order valence-electron chi connectivity index (χ2n) is 4.75. The molecule has 0 radical (unpaired) electrons. The van der Waals surface area contributed by atoms with Gasteiger partial charge in [-0.25, -0.2) is 0 Å². The maximum atomic E-state index is 4.43. The molecule has 0 bridgehead atoms. The molecule has 0 spiro atoms. The summed E-state index contributed by atoms with van der Waals surface area (Å²) in [5.41, 5.74) is 2.85. The van der Waals surface area contributed by atoms with Gasteiger partial charge in [0.25, 0.3) is 0 Å². The van der Waals surface area contributed by atoms with Gasteiger partial charge in [0.2, 0.25) is 0 Å². The molecular formula is C15H19N. The van der Waals surface area contributed by atoms with Crippen molar-refractivity contribution in [3.8, 4) is 0 Å². The van der Waals surface area contributed by atoms with Crippen LogP contribution in [0.3, 0.4) is 0 Å². The van der Waals surface area contributed by atoms with Crippen molar-refractivity contribution in [1.29, 1.82) is 0 Å². The van der Waals surface area contributed by atoms with Gasteiger partial charge >= 0.3 is 0 Å². The van der Waals surface area contributed by atoms with Crippen molar-refractivity contribution >= 4 is 5.57 Å². The van der Waals surface area contributed by atoms with Crippen molar-refractivity contribution in [3.05, 3.63) is 48.8 Å². The first kappa shape index (κ1) is 11.1. The highest BCUT2D eigenvalue weighted by Crippen LogP contribution is 2.52. The van der Waals surface area contributed by atoms with E-state index in [1.807, 2.05) is 18.3 Å². The SMILES string of the molecule is C=CC[C@H]1C(c2ccccn2)=CC1(C)CC. The van der Waals surface area contributed by atoms with E-state index in [1.165, 1.54) is 12.0 Å². The van der Waals surface area contributed by atoms with Crippen molar-refractivity contribution in [1.82, 2.24) is 4.98 Å². The van der Waals surface area contributed by atoms with E-state index in [0.717, 1.165) is 12.1 Å². The fraction of sp³-hybridized carbons (Fsp3) is 0.400. The van der Waals surface area contributed by atoms with Crippen LogP contribution < -0.4 is 0 Å². The van der Waals surface area contributed by atoms with Gasteiger partial charge in [0.05, 0.1) is 5.69 Å². The molecule has 0 saturated carbocycles. The number of nitrogens with zero attached hydrogens (tertiary/aromatic N) is 1. The van der Waals surface area contributed by atoms with E-state index in [-0.39, 0.29) is 0 Å². The third-order valence-corrected chi connectivity index (χ3v) is 3.78. The Hall–Kier alpha value is -1.37. The van der Waals surface area contributed by atoms with Gasteiger partial charge in [-0.2, -0.15) is 0 Å². The zero-order chi connectivity index (χ0) is 11.6. The molecule has 1 heteroatoms. The topological polar surface area (TPSA) is 12.9 Å². The van der Waals surface area contributed by atoms with E-state index in [4.69, 9.17) is 0 Å². The molecule has 0 aliphatic heterocycles. The molecule has 1 aliphatic carbocycles. The number of allylic oxidation sites excluding steroid dienone is 3. The number of aromatic nitrogens is 1. The van der Waals surface area contributed by atoms with Gasteiger partial charge in [0, 0.05) is 6.20 Å². The third kappa shape index (κ3) is 1.71. The Morgan fingerprint density at radius 2 is 2.31 bits per heavy atom. The highest BCUT2D eigenvalue weighted by Gasteiger charge is 2.41. The minimum absolute atomic E-state index is 0.334. The minimum atomic E-state index is 0.334. The lowest BCUT2D eigenvalue weighted by Gasteiger charge is -2.45. The van der Waals surface area contributed by atoms with Crippen LogP contribution in [0, 0.1) is 11.3 Å². The van der Waals surface area contributed by atoms with Crippen LogP contribution in [0.15, 0.2) is 43.1 Å². The first-order chi connectivity index (χ1) is 7.71. The molecule has 0 N–H and O–H groups in total. The van der Waals surface area contributed by atoms with Crippen LogP contribution in [-0.2, 0) is 0 Å². The third-order valence-electron chi connectivity index (χ3n) is 3.78. The number of pyridine rings is 1. The van der Waals surface area contributed by atoms with Gasteiger partial charge in [-0.15, -0.1) is 6.58 Å². The molecule has 0 aromatic carbocycles. The molecule has 1 aliphatic rings. The predicted molar refractivity (Wildman–Crippen MR) is 68.9 cm³/mol. The normalized spacial score (nSPS) is 28.1. The highest BCUT2D eigenvalue weighted by molar-refractivity contribution is 5.72. The van der Waals surface area contributed by atoms with Gasteiger partial charge < -0.3 is 0 Å². The first-order valence-corrected chi connectivity index (χ1v) is 5.96. The van der Waals surface area contributed by atoms with E-state index >= 15 is 0 Å². The molecule has 1 heterocycles. The summed E-state index contributed by atoms with van der Waals surface area (Å²) in [6.07, 6.45) is 8.50. The summed E-state index contributed by atoms with van der Waals surface area (Å²) in [5.74, 6) is 0.588. The number of rotatable bonds is 4. The first-order valence-electron chi connectivity index (χ1n) is 5.96. The minimum Gasteiger partial charge on any atom is -0.257 e. The molecule has 0 amide bonds. The van der Waals surface area contributed by atoms with Gasteiger partial charge in [-0.1, -0.05) is 32.1 Å². The Morgan fingerprint density at radius 3 is 2.88 bits per heavy atom. The fourth-order valence-electron chi connectivity index (χ4n) is 2.51. The van der Waals surface area contributed by atoms with E-state index in [2.05, 4.69) is 43.6 Å². The fourth-order valence-corrected chi connectivity index (χ4v) is 2.51. The van der Waals surface area contributed by atoms with Crippen molar-refractivity contribution < 1.29 is 0 Å². The zero-order valence-electron chi connectivity index (χ0n) is 10.1. The summed E-state index contributed by atoms with van der Waals surface area (Å²) < 4.78 is 0. The summed E-state index contributed by atoms with van der Waals surface area (Å²) in [6.45, 7) is 8.44. The van der Waals surface area contributed by atoms with Crippen LogP contribution in [-0.4, -0.2) is 4.98 Å². The smallest absolute Gasteiger partial charge is 0.0661 e. The van der Waals surface area contributed by atoms with Crippen molar-refractivity contribution in [2.45, 2.75) is 26.7 Å². The lowest BCUT2D eigenvalue weighted by molar-refractivity contribution is 0.271. The zero-order valence-corrected chi connectivity index (χ0v) is 10.1. The van der Waals surface area contributed by atoms with Crippen LogP contribution >= 0.6 is 0 Å². The quantitative estimate of drug-likeness (QED) is 0.686. The Labute approximate surface area is 97.9 Å². The Kier molecular flexibility index (Phi) is 2.95. The Balaban J connectivity index is 2.30. The largest absolute Gasteiger partial charge is 0.257 e. The summed E-state index contributed by atoms with van der Waals surface area (Å²) >= 11 is 0. The summed E-state index contributed by atoms with van der Waals surface area (Å²) in [4.78, 5) is 4.43. The standard InChI is InChI=1S/C15H19N/c1-4-8-13-12(11-15(13,3)5-2)14-9-6-7-10-16-14/h4,6-7,9-11,13H,1,5,8H2,2-3H3/t13-,15?/m0/s1. The molecular weight excluding hydrogens is 194 g/mol. The molecule has 1 nitrogen and oxygen atoms in total. The van der Waals surface area contributed by atoms with Crippen molar-refractivity contribution in [3.63, 3.8) is 0 Å². The van der Waals surface area contributed by atoms with E-state index in [9.17, 15) is 0 Å². The molecule has 1 aromatic rings. The summed E-state index contributed by atoms with van der Waals surface area (Å²) in [5, 5.41) is 0. The predicted octanol–water partition coefficient (Wildman–Crippen LogP) is 4.09. The molecule has 84 valence electrons. The monoisotopic (exact) mass is 213 g/mol. The Morgan fingerprint density at radius 1 is 1.50 bits per heavy atom. The van der Waals surface area contributed by atoms with Gasteiger partial charge in [-0.05, 0) is 41.9 Å². The average Bonchev–Trinajstić information content (AvgIpc) is 2.33. The second-order valence-corrected chi connectivity index (χ2v) is 4.75. The lowest BCUT2D eigenvalue weighted by Crippen LogP contribution is -2.34. The summed E-state index contributed by atoms with van der Waals surface area (Å²) in [7, 11) is 0. The van der Waals surface area contributed by atoms with Gasteiger partial charge in [-0.3, -0.25) is 4.98 Å². The average molecular weight is 213 g/mol. The van der Waals surface area contributed by atoms with Crippen LogP contribution in [0.25, 0.3) is 5.57 Å². The molecule has 1 aromatic heterocycles. The van der Waals surface area contributed by atoms with Crippen LogP contribution in [0.2, 0.25) is 0 Å². The molecule has 2 rings (SSSR count). The van der Waals surface area contributed by atoms with Gasteiger partial charge in [0.1, 0.15) is 0 Å². The van der Waals surface area contributed by atoms with Crippen LogP contribution in [0.4, 0.5) is 0 Å². The van der Waals surface area contributed by atoms with E-state index in [0.29, 0.717) is 11.3 Å². The second kappa shape index (κ2) is 4.25. The van der Waals surface area contributed by atoms with E-state index < -0.39 is 0 Å². The van der Waals surface area contributed by atoms with Gasteiger partial charge in [0.15, 0.2) is 0 Å². The molecule has 16 heavy (non-hydrogen) atoms.